The maximum Gasteiger partial charge on any atom is 0.270 e. The third-order valence-corrected chi connectivity index (χ3v) is 3.49. The highest BCUT2D eigenvalue weighted by atomic mass is 16.1. The molecule has 2 rings (SSSR count). The van der Waals surface area contributed by atoms with Crippen LogP contribution in [0, 0.1) is 11.8 Å². The molecule has 0 aromatic carbocycles. The Hall–Kier alpha value is -1.65. The number of carbonyl (C=O) groups is 1. The highest BCUT2D eigenvalue weighted by Gasteiger charge is 2.19. The van der Waals surface area contributed by atoms with Gasteiger partial charge in [0.1, 0.15) is 5.69 Å². The van der Waals surface area contributed by atoms with Gasteiger partial charge in [0, 0.05) is 25.8 Å². The Bertz CT molecular complexity index is 461. The number of aromatic nitrogens is 2. The molecule has 1 aliphatic rings. The number of rotatable bonds is 4. The second-order valence-electron chi connectivity index (χ2n) is 6.04. The van der Waals surface area contributed by atoms with Crippen LogP contribution >= 0.6 is 0 Å². The summed E-state index contributed by atoms with van der Waals surface area (Å²) in [6.07, 6.45) is 4.09. The van der Waals surface area contributed by atoms with Gasteiger partial charge in [0.15, 0.2) is 0 Å². The van der Waals surface area contributed by atoms with Gasteiger partial charge in [-0.25, -0.2) is 9.97 Å². The van der Waals surface area contributed by atoms with Crippen molar-refractivity contribution in [1.29, 1.82) is 0 Å². The Morgan fingerprint density at radius 1 is 1.55 bits per heavy atom. The predicted molar refractivity (Wildman–Crippen MR) is 79.8 cm³/mol. The van der Waals surface area contributed by atoms with Gasteiger partial charge in [-0.1, -0.05) is 20.8 Å². The number of nitrogens with zero attached hydrogens (tertiary/aromatic N) is 3. The zero-order valence-electron chi connectivity index (χ0n) is 12.6. The van der Waals surface area contributed by atoms with E-state index in [-0.39, 0.29) is 5.91 Å². The second-order valence-corrected chi connectivity index (χ2v) is 6.04. The molecule has 20 heavy (non-hydrogen) atoms. The summed E-state index contributed by atoms with van der Waals surface area (Å²) in [4.78, 5) is 22.9. The second kappa shape index (κ2) is 6.68. The van der Waals surface area contributed by atoms with Gasteiger partial charge in [-0.05, 0) is 30.7 Å². The number of hydrogen-bond donors (Lipinski definition) is 1. The topological polar surface area (TPSA) is 58.1 Å². The van der Waals surface area contributed by atoms with Crippen LogP contribution in [0.1, 0.15) is 44.1 Å². The number of amides is 1. The highest BCUT2D eigenvalue weighted by molar-refractivity contribution is 5.92. The number of carbonyl (C=O) groups excluding carboxylic acids is 1. The van der Waals surface area contributed by atoms with Crippen molar-refractivity contribution in [2.45, 2.75) is 33.6 Å². The molecule has 1 fully saturated rings. The van der Waals surface area contributed by atoms with Crippen molar-refractivity contribution in [3.63, 3.8) is 0 Å². The Labute approximate surface area is 120 Å². The molecule has 1 aromatic rings. The fourth-order valence-corrected chi connectivity index (χ4v) is 2.39. The van der Waals surface area contributed by atoms with Crippen LogP contribution in [0.5, 0.6) is 0 Å². The summed E-state index contributed by atoms with van der Waals surface area (Å²) in [5, 5.41) is 2.89. The van der Waals surface area contributed by atoms with E-state index in [0.29, 0.717) is 30.0 Å². The summed E-state index contributed by atoms with van der Waals surface area (Å²) >= 11 is 0. The van der Waals surface area contributed by atoms with Crippen molar-refractivity contribution in [3.8, 4) is 0 Å². The summed E-state index contributed by atoms with van der Waals surface area (Å²) < 4.78 is 0. The maximum atomic E-state index is 12.0. The quantitative estimate of drug-likeness (QED) is 0.915. The van der Waals surface area contributed by atoms with Crippen molar-refractivity contribution >= 4 is 11.9 Å². The summed E-state index contributed by atoms with van der Waals surface area (Å²) in [6.45, 7) is 8.99. The number of piperidine rings is 1. The average molecular weight is 276 g/mol. The molecule has 1 aromatic heterocycles. The van der Waals surface area contributed by atoms with Gasteiger partial charge >= 0.3 is 0 Å². The molecule has 110 valence electrons. The largest absolute Gasteiger partial charge is 0.350 e. The lowest BCUT2D eigenvalue weighted by atomic mass is 10.0. The molecule has 2 heterocycles. The number of anilines is 1. The van der Waals surface area contributed by atoms with Crippen molar-refractivity contribution < 1.29 is 4.79 Å². The van der Waals surface area contributed by atoms with Crippen molar-refractivity contribution in [2.24, 2.45) is 11.8 Å². The zero-order chi connectivity index (χ0) is 14.5. The minimum atomic E-state index is -0.118. The van der Waals surface area contributed by atoms with E-state index in [1.54, 1.807) is 12.3 Å². The minimum Gasteiger partial charge on any atom is -0.350 e. The van der Waals surface area contributed by atoms with Crippen LogP contribution in [0.3, 0.4) is 0 Å². The molecular weight excluding hydrogens is 252 g/mol. The first-order valence-electron chi connectivity index (χ1n) is 7.42. The first-order chi connectivity index (χ1) is 9.56. The van der Waals surface area contributed by atoms with E-state index < -0.39 is 0 Å². The standard InChI is InChI=1S/C15H24N4O/c1-11(2)9-17-14(20)13-6-7-16-15(18-13)19-8-4-5-12(3)10-19/h6-7,11-12H,4-5,8-10H2,1-3H3,(H,17,20). The number of hydrogen-bond acceptors (Lipinski definition) is 4. The lowest BCUT2D eigenvalue weighted by Crippen LogP contribution is -2.36. The van der Waals surface area contributed by atoms with Crippen LogP contribution in [-0.4, -0.2) is 35.5 Å². The molecule has 0 radical (unpaired) electrons. The van der Waals surface area contributed by atoms with E-state index in [1.807, 2.05) is 0 Å². The van der Waals surface area contributed by atoms with Gasteiger partial charge in [-0.3, -0.25) is 4.79 Å². The van der Waals surface area contributed by atoms with Crippen LogP contribution in [-0.2, 0) is 0 Å². The van der Waals surface area contributed by atoms with Gasteiger partial charge in [0.2, 0.25) is 5.95 Å². The van der Waals surface area contributed by atoms with Crippen LogP contribution in [0.15, 0.2) is 12.3 Å². The molecule has 0 saturated carbocycles. The molecule has 5 heteroatoms. The van der Waals surface area contributed by atoms with E-state index in [2.05, 4.69) is 41.0 Å². The smallest absolute Gasteiger partial charge is 0.270 e. The molecule has 1 saturated heterocycles. The molecular formula is C15H24N4O. The average Bonchev–Trinajstić information content (AvgIpc) is 2.45. The van der Waals surface area contributed by atoms with Gasteiger partial charge in [0.05, 0.1) is 0 Å². The summed E-state index contributed by atoms with van der Waals surface area (Å²) in [7, 11) is 0. The predicted octanol–water partition coefficient (Wildman–Crippen LogP) is 2.10. The first kappa shape index (κ1) is 14.8. The lowest BCUT2D eigenvalue weighted by Gasteiger charge is -2.30. The third-order valence-electron chi connectivity index (χ3n) is 3.49. The Morgan fingerprint density at radius 3 is 3.05 bits per heavy atom. The summed E-state index contributed by atoms with van der Waals surface area (Å²) in [5.41, 5.74) is 0.453. The van der Waals surface area contributed by atoms with Gasteiger partial charge < -0.3 is 10.2 Å². The van der Waals surface area contributed by atoms with E-state index in [1.165, 1.54) is 6.42 Å². The molecule has 5 nitrogen and oxygen atoms in total. The zero-order valence-corrected chi connectivity index (χ0v) is 12.6. The van der Waals surface area contributed by atoms with Crippen LogP contribution < -0.4 is 10.2 Å². The SMILES string of the molecule is CC(C)CNC(=O)c1ccnc(N2CCCC(C)C2)n1. The van der Waals surface area contributed by atoms with Gasteiger partial charge in [0.25, 0.3) is 5.91 Å². The first-order valence-corrected chi connectivity index (χ1v) is 7.42. The molecule has 0 bridgehead atoms. The fraction of sp³-hybridized carbons (Fsp3) is 0.667. The van der Waals surface area contributed by atoms with E-state index in [9.17, 15) is 4.79 Å². The molecule has 1 amide bonds. The van der Waals surface area contributed by atoms with E-state index in [4.69, 9.17) is 0 Å². The third kappa shape index (κ3) is 3.92. The lowest BCUT2D eigenvalue weighted by molar-refractivity contribution is 0.0944. The van der Waals surface area contributed by atoms with Crippen molar-refractivity contribution in [1.82, 2.24) is 15.3 Å². The Morgan fingerprint density at radius 2 is 2.35 bits per heavy atom. The Balaban J connectivity index is 2.05. The molecule has 0 spiro atoms. The monoisotopic (exact) mass is 276 g/mol. The Kier molecular flexibility index (Phi) is 4.93. The molecule has 1 atom stereocenters. The molecule has 1 N–H and O–H groups in total. The molecule has 1 unspecified atom stereocenters. The van der Waals surface area contributed by atoms with E-state index >= 15 is 0 Å². The summed E-state index contributed by atoms with van der Waals surface area (Å²) in [6, 6.07) is 1.67. The summed E-state index contributed by atoms with van der Waals surface area (Å²) in [5.74, 6) is 1.65. The highest BCUT2D eigenvalue weighted by Crippen LogP contribution is 2.19. The fourth-order valence-electron chi connectivity index (χ4n) is 2.39. The van der Waals surface area contributed by atoms with Gasteiger partial charge in [-0.15, -0.1) is 0 Å². The van der Waals surface area contributed by atoms with Crippen LogP contribution in [0.2, 0.25) is 0 Å². The van der Waals surface area contributed by atoms with Crippen LogP contribution in [0.25, 0.3) is 0 Å². The van der Waals surface area contributed by atoms with E-state index in [0.717, 1.165) is 19.5 Å². The van der Waals surface area contributed by atoms with Crippen LogP contribution in [0.4, 0.5) is 5.95 Å². The molecule has 0 aliphatic carbocycles. The van der Waals surface area contributed by atoms with Crippen molar-refractivity contribution in [3.05, 3.63) is 18.0 Å². The minimum absolute atomic E-state index is 0.118. The normalized spacial score (nSPS) is 19.2. The maximum absolute atomic E-state index is 12.0. The molecule has 1 aliphatic heterocycles. The number of nitrogens with one attached hydrogen (secondary N) is 1. The van der Waals surface area contributed by atoms with Crippen molar-refractivity contribution in [2.75, 3.05) is 24.5 Å². The van der Waals surface area contributed by atoms with Gasteiger partial charge in [-0.2, -0.15) is 0 Å².